The molecule has 4 N–H and O–H groups in total. The summed E-state index contributed by atoms with van der Waals surface area (Å²) in [4.78, 5) is 0. The van der Waals surface area contributed by atoms with Crippen LogP contribution < -0.4 is 0 Å². The molecule has 2 fully saturated rings. The lowest BCUT2D eigenvalue weighted by Crippen LogP contribution is -2.65. The molecule has 10 atom stereocenters. The van der Waals surface area contributed by atoms with Crippen molar-refractivity contribution < 1.29 is 53.6 Å². The summed E-state index contributed by atoms with van der Waals surface area (Å²) in [5.41, 5.74) is 2.83. The molecule has 0 saturated carbocycles. The molecule has 2 saturated heterocycles. The van der Waals surface area contributed by atoms with Gasteiger partial charge in [0.25, 0.3) is 0 Å². The van der Waals surface area contributed by atoms with Crippen LogP contribution in [-0.2, 0) is 53.0 Å². The number of hydrogen-bond acceptors (Lipinski definition) is 11. The molecule has 0 radical (unpaired) electrons. The van der Waals surface area contributed by atoms with E-state index in [9.17, 15) is 20.4 Å². The van der Waals surface area contributed by atoms with Gasteiger partial charge in [0.2, 0.25) is 0 Å². The highest BCUT2D eigenvalue weighted by Gasteiger charge is 2.52. The Balaban J connectivity index is 1.48. The molecule has 3 aromatic carbocycles. The number of aliphatic hydroxyl groups excluding tert-OH is 4. The van der Waals surface area contributed by atoms with Gasteiger partial charge in [-0.05, 0) is 22.7 Å². The van der Waals surface area contributed by atoms with Gasteiger partial charge in [-0.2, -0.15) is 0 Å². The van der Waals surface area contributed by atoms with E-state index in [2.05, 4.69) is 19.6 Å². The molecule has 0 amide bonds. The second-order valence-corrected chi connectivity index (χ2v) is 19.7. The monoisotopic (exact) mass is 712 g/mol. The molecule has 274 valence electrons. The van der Waals surface area contributed by atoms with Gasteiger partial charge in [0, 0.05) is 14.7 Å². The molecular weight excluding hydrogens is 660 g/mol. The minimum Gasteiger partial charge on any atom is -0.394 e. The highest BCUT2D eigenvalue weighted by molar-refractivity contribution is 6.76. The molecule has 3 aromatic rings. The summed E-state index contributed by atoms with van der Waals surface area (Å²) in [5, 5.41) is 42.0. The molecule has 2 aliphatic rings. The fraction of sp³-hybridized carbons (Fsp3) is 0.526. The summed E-state index contributed by atoms with van der Waals surface area (Å²) < 4.78 is 44.9. The van der Waals surface area contributed by atoms with Gasteiger partial charge in [0.15, 0.2) is 12.6 Å². The van der Waals surface area contributed by atoms with Crippen LogP contribution in [0.5, 0.6) is 0 Å². The van der Waals surface area contributed by atoms with Crippen molar-refractivity contribution in [1.29, 1.82) is 0 Å². The molecule has 50 heavy (non-hydrogen) atoms. The molecule has 0 spiro atoms. The van der Waals surface area contributed by atoms with E-state index in [0.717, 1.165) is 22.7 Å². The Morgan fingerprint density at radius 3 is 1.64 bits per heavy atom. The van der Waals surface area contributed by atoms with E-state index in [-0.39, 0.29) is 19.8 Å². The maximum Gasteiger partial charge on any atom is 0.187 e. The van der Waals surface area contributed by atoms with E-state index in [0.29, 0.717) is 13.2 Å². The lowest BCUT2D eigenvalue weighted by Gasteiger charge is -2.48. The smallest absolute Gasteiger partial charge is 0.187 e. The Hall–Kier alpha value is -2.56. The van der Waals surface area contributed by atoms with Gasteiger partial charge in [0.1, 0.15) is 48.8 Å². The molecule has 2 heterocycles. The van der Waals surface area contributed by atoms with Gasteiger partial charge in [-0.3, -0.25) is 0 Å². The molecule has 0 unspecified atom stereocenters. The molecule has 11 nitrogen and oxygen atoms in total. The summed E-state index contributed by atoms with van der Waals surface area (Å²) in [5.74, 6) is 0. The molecule has 12 heteroatoms. The second-order valence-electron chi connectivity index (χ2n) is 14.0. The van der Waals surface area contributed by atoms with Gasteiger partial charge in [-0.15, -0.1) is 0 Å². The number of hydrogen-bond donors (Lipinski definition) is 4. The van der Waals surface area contributed by atoms with Gasteiger partial charge in [0.05, 0.1) is 33.0 Å². The van der Waals surface area contributed by atoms with Crippen LogP contribution in [-0.4, -0.2) is 110 Å². The molecule has 0 aliphatic carbocycles. The summed E-state index contributed by atoms with van der Waals surface area (Å²) in [6, 6.07) is 30.1. The average Bonchev–Trinajstić information content (AvgIpc) is 3.12. The zero-order chi connectivity index (χ0) is 35.5. The molecule has 2 aliphatic heterocycles. The van der Waals surface area contributed by atoms with Crippen molar-refractivity contribution in [2.75, 3.05) is 19.8 Å². The van der Waals surface area contributed by atoms with Crippen molar-refractivity contribution in [3.8, 4) is 0 Å². The van der Waals surface area contributed by atoms with E-state index < -0.39 is 76.1 Å². The van der Waals surface area contributed by atoms with Crippen LogP contribution in [0.2, 0.25) is 25.7 Å². The number of benzene rings is 3. The van der Waals surface area contributed by atoms with Crippen molar-refractivity contribution in [1.82, 2.24) is 0 Å². The summed E-state index contributed by atoms with van der Waals surface area (Å²) in [6.45, 7) is 7.47. The summed E-state index contributed by atoms with van der Waals surface area (Å²) in [6.07, 6.45) is -11.7. The third-order valence-electron chi connectivity index (χ3n) is 8.83. The Kier molecular flexibility index (Phi) is 14.5. The summed E-state index contributed by atoms with van der Waals surface area (Å²) >= 11 is 0. The average molecular weight is 713 g/mol. The topological polar surface area (TPSA) is 146 Å². The quantitative estimate of drug-likeness (QED) is 0.152. The summed E-state index contributed by atoms with van der Waals surface area (Å²) in [7, 11) is -1.47. The van der Waals surface area contributed by atoms with Crippen LogP contribution in [0, 0.1) is 0 Å². The van der Waals surface area contributed by atoms with Crippen LogP contribution in [0.3, 0.4) is 0 Å². The normalized spacial score (nSPS) is 30.3. The fourth-order valence-electron chi connectivity index (χ4n) is 5.89. The maximum atomic E-state index is 11.0. The van der Waals surface area contributed by atoms with Gasteiger partial charge in [-0.25, -0.2) is 0 Å². The van der Waals surface area contributed by atoms with Gasteiger partial charge >= 0.3 is 0 Å². The number of ether oxygens (including phenoxy) is 7. The zero-order valence-electron chi connectivity index (χ0n) is 29.0. The maximum absolute atomic E-state index is 11.0. The Labute approximate surface area is 295 Å². The highest BCUT2D eigenvalue weighted by atomic mass is 28.3. The van der Waals surface area contributed by atoms with Gasteiger partial charge < -0.3 is 53.6 Å². The van der Waals surface area contributed by atoms with E-state index in [1.54, 1.807) is 0 Å². The second kappa shape index (κ2) is 18.8. The Bertz CT molecular complexity index is 1380. The van der Waals surface area contributed by atoms with E-state index >= 15 is 0 Å². The van der Waals surface area contributed by atoms with Crippen LogP contribution in [0.1, 0.15) is 16.7 Å². The third kappa shape index (κ3) is 11.0. The van der Waals surface area contributed by atoms with Crippen LogP contribution in [0.25, 0.3) is 0 Å². The number of aliphatic hydroxyl groups is 4. The van der Waals surface area contributed by atoms with Gasteiger partial charge in [-0.1, -0.05) is 111 Å². The first-order chi connectivity index (χ1) is 24.1. The van der Waals surface area contributed by atoms with Crippen molar-refractivity contribution in [2.24, 2.45) is 0 Å². The van der Waals surface area contributed by atoms with Crippen LogP contribution in [0.4, 0.5) is 0 Å². The highest BCUT2D eigenvalue weighted by Crippen LogP contribution is 2.34. The molecular formula is C38H52O11Si. The van der Waals surface area contributed by atoms with Crippen molar-refractivity contribution in [3.05, 3.63) is 108 Å². The van der Waals surface area contributed by atoms with Crippen LogP contribution >= 0.6 is 0 Å². The van der Waals surface area contributed by atoms with Crippen LogP contribution in [0.15, 0.2) is 91.0 Å². The van der Waals surface area contributed by atoms with Crippen molar-refractivity contribution >= 4 is 8.07 Å². The Morgan fingerprint density at radius 2 is 1.10 bits per heavy atom. The molecule has 0 bridgehead atoms. The van der Waals surface area contributed by atoms with E-state index in [4.69, 9.17) is 33.2 Å². The molecule has 0 aromatic heterocycles. The zero-order valence-corrected chi connectivity index (χ0v) is 30.0. The Morgan fingerprint density at radius 1 is 0.580 bits per heavy atom. The minimum atomic E-state index is -1.64. The van der Waals surface area contributed by atoms with E-state index in [1.807, 2.05) is 91.0 Å². The predicted octanol–water partition coefficient (Wildman–Crippen LogP) is 3.64. The third-order valence-corrected chi connectivity index (χ3v) is 10.5. The predicted molar refractivity (Wildman–Crippen MR) is 188 cm³/mol. The lowest BCUT2D eigenvalue weighted by molar-refractivity contribution is -0.368. The van der Waals surface area contributed by atoms with E-state index in [1.165, 1.54) is 0 Å². The molecule has 5 rings (SSSR count). The lowest BCUT2D eigenvalue weighted by atomic mass is 9.96. The first kappa shape index (κ1) is 38.7. The first-order valence-electron chi connectivity index (χ1n) is 17.3. The van der Waals surface area contributed by atoms with Crippen molar-refractivity contribution in [2.45, 2.75) is 107 Å². The number of rotatable bonds is 17. The standard InChI is InChI=1S/C38H52O11Si/c1-50(2,3)20-19-44-38-36(46-24-28-17-11-6-12-18-28)35(45-23-27-15-9-5-10-16-27)34(30(48-38)25-43-22-26-13-7-4-8-14-26)49-37-33(42)32(41)31(40)29(21-39)47-37/h4-18,29-42H,19-25H2,1-3H3/t29-,30-,31+,32+,33-,34-,35+,36-,37+,38-/m1/s1. The minimum absolute atomic E-state index is 0.0570. The SMILES string of the molecule is C[Si](C)(C)CCO[C@@H]1O[C@H](COCc2ccccc2)[C@@H](O[C@@H]2O[C@H](CO)[C@H](O)[C@H](O)[C@H]2O)[C@H](OCc2ccccc2)[C@H]1OCc1ccccc1. The first-order valence-corrected chi connectivity index (χ1v) is 21.0. The fourth-order valence-corrected chi connectivity index (χ4v) is 6.62. The largest absolute Gasteiger partial charge is 0.394 e. The van der Waals surface area contributed by atoms with Crippen molar-refractivity contribution in [3.63, 3.8) is 0 Å².